The summed E-state index contributed by atoms with van der Waals surface area (Å²) in [6, 6.07) is 16.0. The van der Waals surface area contributed by atoms with Gasteiger partial charge in [-0.15, -0.1) is 0 Å². The molecule has 6 atom stereocenters. The van der Waals surface area contributed by atoms with Crippen molar-refractivity contribution in [3.63, 3.8) is 0 Å². The number of amides is 1. The van der Waals surface area contributed by atoms with Gasteiger partial charge >= 0.3 is 5.97 Å². The number of hydrogen-bond donors (Lipinski definition) is 2. The Morgan fingerprint density at radius 2 is 1.82 bits per heavy atom. The van der Waals surface area contributed by atoms with Crippen molar-refractivity contribution in [2.24, 2.45) is 0 Å². The summed E-state index contributed by atoms with van der Waals surface area (Å²) in [4.78, 5) is 23.3. The average molecular weight is 457 g/mol. The van der Waals surface area contributed by atoms with Crippen molar-refractivity contribution in [1.29, 1.82) is 0 Å². The summed E-state index contributed by atoms with van der Waals surface area (Å²) < 4.78 is 30.1. The van der Waals surface area contributed by atoms with Crippen LogP contribution in [-0.4, -0.2) is 60.8 Å². The molecule has 2 aromatic rings. The largest absolute Gasteiger partial charge is 0.480 e. The van der Waals surface area contributed by atoms with Crippen LogP contribution in [0.4, 0.5) is 0 Å². The lowest BCUT2D eigenvalue weighted by molar-refractivity contribution is -0.337. The lowest BCUT2D eigenvalue weighted by Gasteiger charge is -2.49. The molecule has 2 aliphatic rings. The highest BCUT2D eigenvalue weighted by Crippen LogP contribution is 2.36. The van der Waals surface area contributed by atoms with Crippen LogP contribution in [0, 0.1) is 6.92 Å². The van der Waals surface area contributed by atoms with Crippen LogP contribution in [0.5, 0.6) is 5.75 Å². The molecular formula is C24H27NO8. The zero-order chi connectivity index (χ0) is 23.4. The van der Waals surface area contributed by atoms with E-state index in [4.69, 9.17) is 23.7 Å². The van der Waals surface area contributed by atoms with Crippen molar-refractivity contribution < 1.29 is 38.4 Å². The lowest BCUT2D eigenvalue weighted by Crippen LogP contribution is -2.68. The number of hydrogen-bond acceptors (Lipinski definition) is 7. The van der Waals surface area contributed by atoms with Gasteiger partial charge in [-0.3, -0.25) is 4.79 Å². The SMILES string of the molecule is CC(=O)NC1C(Oc2ccccc2C)OC2COC(c3ccccc3)OC2C1OCC(=O)O. The van der Waals surface area contributed by atoms with E-state index in [-0.39, 0.29) is 12.5 Å². The van der Waals surface area contributed by atoms with Gasteiger partial charge in [0.05, 0.1) is 6.61 Å². The summed E-state index contributed by atoms with van der Waals surface area (Å²) >= 11 is 0. The number of carboxylic acid groups (broad SMARTS) is 1. The molecule has 1 amide bonds. The van der Waals surface area contributed by atoms with E-state index in [0.29, 0.717) is 5.75 Å². The predicted molar refractivity (Wildman–Crippen MR) is 115 cm³/mol. The van der Waals surface area contributed by atoms with Gasteiger partial charge in [0.1, 0.15) is 36.7 Å². The van der Waals surface area contributed by atoms with E-state index in [1.807, 2.05) is 55.5 Å². The van der Waals surface area contributed by atoms with Gasteiger partial charge in [-0.05, 0) is 18.6 Å². The maximum Gasteiger partial charge on any atom is 0.329 e. The van der Waals surface area contributed by atoms with E-state index in [1.54, 1.807) is 6.07 Å². The van der Waals surface area contributed by atoms with Gasteiger partial charge in [0.25, 0.3) is 0 Å². The molecule has 2 saturated heterocycles. The Labute approximate surface area is 191 Å². The van der Waals surface area contributed by atoms with Crippen LogP contribution >= 0.6 is 0 Å². The number of fused-ring (bicyclic) bond motifs is 1. The van der Waals surface area contributed by atoms with Crippen molar-refractivity contribution in [3.05, 3.63) is 65.7 Å². The summed E-state index contributed by atoms with van der Waals surface area (Å²) in [5.74, 6) is -0.896. The molecule has 9 nitrogen and oxygen atoms in total. The number of rotatable bonds is 7. The number of carboxylic acids is 1. The van der Waals surface area contributed by atoms with Gasteiger partial charge in [-0.1, -0.05) is 48.5 Å². The van der Waals surface area contributed by atoms with Crippen molar-refractivity contribution in [3.8, 4) is 5.75 Å². The third-order valence-corrected chi connectivity index (χ3v) is 5.52. The number of benzene rings is 2. The minimum absolute atomic E-state index is 0.178. The van der Waals surface area contributed by atoms with Gasteiger partial charge in [-0.25, -0.2) is 4.79 Å². The van der Waals surface area contributed by atoms with Crippen LogP contribution in [-0.2, 0) is 28.5 Å². The first-order valence-corrected chi connectivity index (χ1v) is 10.7. The quantitative estimate of drug-likeness (QED) is 0.651. The summed E-state index contributed by atoms with van der Waals surface area (Å²) in [5.41, 5.74) is 1.69. The van der Waals surface area contributed by atoms with Gasteiger partial charge < -0.3 is 34.1 Å². The highest BCUT2D eigenvalue weighted by Gasteiger charge is 2.52. The number of ether oxygens (including phenoxy) is 5. The molecule has 33 heavy (non-hydrogen) atoms. The molecule has 4 rings (SSSR count). The monoisotopic (exact) mass is 457 g/mol. The van der Waals surface area contributed by atoms with Crippen molar-refractivity contribution in [2.75, 3.05) is 13.2 Å². The number of aryl methyl sites for hydroxylation is 1. The fraction of sp³-hybridized carbons (Fsp3) is 0.417. The molecule has 2 aromatic carbocycles. The zero-order valence-electron chi connectivity index (χ0n) is 18.4. The molecule has 6 unspecified atom stereocenters. The smallest absolute Gasteiger partial charge is 0.329 e. The van der Waals surface area contributed by atoms with Crippen LogP contribution in [0.2, 0.25) is 0 Å². The Hall–Kier alpha value is -2.98. The minimum Gasteiger partial charge on any atom is -0.480 e. The van der Waals surface area contributed by atoms with E-state index in [2.05, 4.69) is 5.32 Å². The number of carbonyl (C=O) groups is 2. The predicted octanol–water partition coefficient (Wildman–Crippen LogP) is 2.19. The molecule has 2 aliphatic heterocycles. The third kappa shape index (κ3) is 5.51. The van der Waals surface area contributed by atoms with Crippen LogP contribution in [0.3, 0.4) is 0 Å². The maximum atomic E-state index is 12.0. The molecule has 0 bridgehead atoms. The summed E-state index contributed by atoms with van der Waals surface area (Å²) in [6.45, 7) is 2.87. The van der Waals surface area contributed by atoms with Crippen molar-refractivity contribution >= 4 is 11.9 Å². The molecule has 2 heterocycles. The molecule has 0 aliphatic carbocycles. The Morgan fingerprint density at radius 1 is 1.09 bits per heavy atom. The van der Waals surface area contributed by atoms with Crippen LogP contribution in [0.15, 0.2) is 54.6 Å². The van der Waals surface area contributed by atoms with Gasteiger partial charge in [0, 0.05) is 12.5 Å². The van der Waals surface area contributed by atoms with Gasteiger partial charge in [0.15, 0.2) is 6.29 Å². The van der Waals surface area contributed by atoms with E-state index >= 15 is 0 Å². The second kappa shape index (κ2) is 10.3. The van der Waals surface area contributed by atoms with E-state index in [0.717, 1.165) is 11.1 Å². The topological polar surface area (TPSA) is 113 Å². The minimum atomic E-state index is -1.14. The second-order valence-corrected chi connectivity index (χ2v) is 8.00. The van der Waals surface area contributed by atoms with Crippen LogP contribution in [0.1, 0.15) is 24.3 Å². The van der Waals surface area contributed by atoms with E-state index in [1.165, 1.54) is 6.92 Å². The summed E-state index contributed by atoms with van der Waals surface area (Å²) in [7, 11) is 0. The fourth-order valence-corrected chi connectivity index (χ4v) is 4.02. The molecule has 9 heteroatoms. The molecule has 2 fully saturated rings. The Balaban J connectivity index is 1.63. The molecule has 0 aromatic heterocycles. The number of aliphatic carboxylic acids is 1. The second-order valence-electron chi connectivity index (χ2n) is 8.00. The highest BCUT2D eigenvalue weighted by atomic mass is 16.8. The van der Waals surface area contributed by atoms with Crippen molar-refractivity contribution in [2.45, 2.75) is 50.8 Å². The Bertz CT molecular complexity index is 968. The number of para-hydroxylation sites is 1. The molecule has 0 spiro atoms. The van der Waals surface area contributed by atoms with Crippen LogP contribution in [0.25, 0.3) is 0 Å². The first-order valence-electron chi connectivity index (χ1n) is 10.7. The van der Waals surface area contributed by atoms with Gasteiger partial charge in [0.2, 0.25) is 12.2 Å². The van der Waals surface area contributed by atoms with Crippen molar-refractivity contribution in [1.82, 2.24) is 5.32 Å². The average Bonchev–Trinajstić information content (AvgIpc) is 2.80. The molecule has 0 saturated carbocycles. The highest BCUT2D eigenvalue weighted by molar-refractivity contribution is 5.73. The number of nitrogens with one attached hydrogen (secondary N) is 1. The third-order valence-electron chi connectivity index (χ3n) is 5.52. The molecular weight excluding hydrogens is 430 g/mol. The summed E-state index contributed by atoms with van der Waals surface area (Å²) in [6.07, 6.45) is -3.78. The van der Waals surface area contributed by atoms with E-state index in [9.17, 15) is 14.7 Å². The Kier molecular flexibility index (Phi) is 7.24. The van der Waals surface area contributed by atoms with Gasteiger partial charge in [-0.2, -0.15) is 0 Å². The standard InChI is InChI=1S/C24H27NO8/c1-14-8-6-7-11-17(14)31-24-20(25-15(2)26)22(29-13-19(27)28)21-18(32-24)12-30-23(33-21)16-9-4-3-5-10-16/h3-11,18,20-24H,12-13H2,1-2H3,(H,25,26)(H,27,28). The molecule has 176 valence electrons. The fourth-order valence-electron chi connectivity index (χ4n) is 4.02. The molecule has 0 radical (unpaired) electrons. The molecule has 2 N–H and O–H groups in total. The summed E-state index contributed by atoms with van der Waals surface area (Å²) in [5, 5.41) is 12.0. The maximum absolute atomic E-state index is 12.0. The zero-order valence-corrected chi connectivity index (χ0v) is 18.4. The first kappa shape index (κ1) is 23.2. The lowest BCUT2D eigenvalue weighted by atomic mass is 9.95. The van der Waals surface area contributed by atoms with Crippen LogP contribution < -0.4 is 10.1 Å². The normalized spacial score (nSPS) is 29.0. The Morgan fingerprint density at radius 3 is 2.52 bits per heavy atom. The van der Waals surface area contributed by atoms with E-state index < -0.39 is 49.5 Å². The number of carbonyl (C=O) groups excluding carboxylic acids is 1. The first-order chi connectivity index (χ1) is 15.9.